The number of unbranched alkanes of at least 4 members (excludes halogenated alkanes) is 3. The van der Waals surface area contributed by atoms with Crippen molar-refractivity contribution < 1.29 is 13.5 Å². The van der Waals surface area contributed by atoms with E-state index in [4.69, 9.17) is 0 Å². The van der Waals surface area contributed by atoms with E-state index in [9.17, 15) is 8.78 Å². The molecule has 1 aromatic carbocycles. The summed E-state index contributed by atoms with van der Waals surface area (Å²) in [5.74, 6) is 0.193. The van der Waals surface area contributed by atoms with Gasteiger partial charge in [-0.2, -0.15) is 8.78 Å². The van der Waals surface area contributed by atoms with E-state index < -0.39 is 6.61 Å². The fraction of sp³-hybridized carbons (Fsp3) is 0.538. The van der Waals surface area contributed by atoms with Crippen molar-refractivity contribution in [3.05, 3.63) is 24.3 Å². The smallest absolute Gasteiger partial charge is 0.387 e. The Kier molecular flexibility index (Phi) is 6.37. The van der Waals surface area contributed by atoms with Gasteiger partial charge in [0, 0.05) is 18.3 Å². The van der Waals surface area contributed by atoms with E-state index in [0.29, 0.717) is 0 Å². The second-order valence-electron chi connectivity index (χ2n) is 3.89. The van der Waals surface area contributed by atoms with Gasteiger partial charge in [0.05, 0.1) is 0 Å². The van der Waals surface area contributed by atoms with Gasteiger partial charge >= 0.3 is 6.61 Å². The molecule has 0 radical (unpaired) electrons. The van der Waals surface area contributed by atoms with E-state index in [2.05, 4.69) is 17.0 Å². The van der Waals surface area contributed by atoms with Crippen LogP contribution in [-0.4, -0.2) is 13.2 Å². The predicted octanol–water partition coefficient (Wildman–Crippen LogP) is 4.28. The lowest BCUT2D eigenvalue weighted by molar-refractivity contribution is -0.0498. The van der Waals surface area contributed by atoms with Gasteiger partial charge in [0.1, 0.15) is 5.75 Å². The van der Waals surface area contributed by atoms with Crippen molar-refractivity contribution in [3.63, 3.8) is 0 Å². The van der Waals surface area contributed by atoms with Gasteiger partial charge in [0.25, 0.3) is 0 Å². The molecule has 2 nitrogen and oxygen atoms in total. The molecule has 0 fully saturated rings. The summed E-state index contributed by atoms with van der Waals surface area (Å²) in [4.78, 5) is 0. The zero-order chi connectivity index (χ0) is 12.5. The average Bonchev–Trinajstić information content (AvgIpc) is 2.28. The van der Waals surface area contributed by atoms with Crippen LogP contribution in [0.4, 0.5) is 14.5 Å². The lowest BCUT2D eigenvalue weighted by Gasteiger charge is -2.09. The number of anilines is 1. The van der Waals surface area contributed by atoms with Crippen LogP contribution < -0.4 is 10.1 Å². The average molecular weight is 243 g/mol. The molecule has 4 heteroatoms. The second kappa shape index (κ2) is 7.87. The molecule has 17 heavy (non-hydrogen) atoms. The normalized spacial score (nSPS) is 10.6. The fourth-order valence-electron chi connectivity index (χ4n) is 1.57. The first-order valence-electron chi connectivity index (χ1n) is 6.01. The Morgan fingerprint density at radius 3 is 2.76 bits per heavy atom. The highest BCUT2D eigenvalue weighted by molar-refractivity contribution is 5.48. The molecule has 0 saturated heterocycles. The fourth-order valence-corrected chi connectivity index (χ4v) is 1.57. The molecule has 0 bridgehead atoms. The van der Waals surface area contributed by atoms with E-state index in [-0.39, 0.29) is 5.75 Å². The van der Waals surface area contributed by atoms with Crippen molar-refractivity contribution in [1.82, 2.24) is 0 Å². The van der Waals surface area contributed by atoms with Crippen molar-refractivity contribution in [3.8, 4) is 5.75 Å². The van der Waals surface area contributed by atoms with Gasteiger partial charge in [-0.15, -0.1) is 0 Å². The molecule has 0 amide bonds. The van der Waals surface area contributed by atoms with Gasteiger partial charge in [0.2, 0.25) is 0 Å². The molecule has 0 saturated carbocycles. The van der Waals surface area contributed by atoms with Crippen LogP contribution >= 0.6 is 0 Å². The Morgan fingerprint density at radius 1 is 1.24 bits per heavy atom. The van der Waals surface area contributed by atoms with Crippen molar-refractivity contribution >= 4 is 5.69 Å². The first-order valence-corrected chi connectivity index (χ1v) is 6.01. The van der Waals surface area contributed by atoms with Gasteiger partial charge in [-0.05, 0) is 18.6 Å². The first-order chi connectivity index (χ1) is 8.22. The SMILES string of the molecule is CCCCCCNc1cccc(OC(F)F)c1. The summed E-state index contributed by atoms with van der Waals surface area (Å²) in [6.45, 7) is 0.256. The Balaban J connectivity index is 2.32. The molecular formula is C13H19F2NO. The molecule has 0 aliphatic rings. The molecule has 1 N–H and O–H groups in total. The zero-order valence-electron chi connectivity index (χ0n) is 10.1. The van der Waals surface area contributed by atoms with Crippen LogP contribution in [0, 0.1) is 0 Å². The maximum Gasteiger partial charge on any atom is 0.387 e. The third kappa shape index (κ3) is 6.09. The number of halogens is 2. The Hall–Kier alpha value is -1.32. The van der Waals surface area contributed by atoms with Crippen molar-refractivity contribution in [2.75, 3.05) is 11.9 Å². The minimum atomic E-state index is -2.77. The molecule has 96 valence electrons. The van der Waals surface area contributed by atoms with Crippen LogP contribution in [0.3, 0.4) is 0 Å². The molecule has 0 unspecified atom stereocenters. The van der Waals surface area contributed by atoms with E-state index in [1.54, 1.807) is 12.1 Å². The number of alkyl halides is 2. The lowest BCUT2D eigenvalue weighted by Crippen LogP contribution is -2.04. The summed E-state index contributed by atoms with van der Waals surface area (Å²) < 4.78 is 28.3. The van der Waals surface area contributed by atoms with Gasteiger partial charge in [-0.3, -0.25) is 0 Å². The van der Waals surface area contributed by atoms with Crippen LogP contribution in [0.1, 0.15) is 32.6 Å². The number of nitrogens with one attached hydrogen (secondary N) is 1. The molecule has 0 heterocycles. The Morgan fingerprint density at radius 2 is 2.06 bits per heavy atom. The number of ether oxygens (including phenoxy) is 1. The monoisotopic (exact) mass is 243 g/mol. The Bertz CT molecular complexity index is 318. The van der Waals surface area contributed by atoms with Crippen molar-refractivity contribution in [1.29, 1.82) is 0 Å². The van der Waals surface area contributed by atoms with Crippen LogP contribution in [0.25, 0.3) is 0 Å². The van der Waals surface area contributed by atoms with Crippen LogP contribution in [0.2, 0.25) is 0 Å². The van der Waals surface area contributed by atoms with E-state index >= 15 is 0 Å². The van der Waals surface area contributed by atoms with Gasteiger partial charge in [0.15, 0.2) is 0 Å². The van der Waals surface area contributed by atoms with E-state index in [1.165, 1.54) is 25.3 Å². The molecule has 1 aromatic rings. The zero-order valence-corrected chi connectivity index (χ0v) is 10.1. The molecule has 1 rings (SSSR count). The van der Waals surface area contributed by atoms with Gasteiger partial charge in [-0.1, -0.05) is 32.3 Å². The maximum atomic E-state index is 12.0. The maximum absolute atomic E-state index is 12.0. The van der Waals surface area contributed by atoms with Crippen molar-refractivity contribution in [2.24, 2.45) is 0 Å². The Labute approximate surface area is 101 Å². The molecule has 0 spiro atoms. The largest absolute Gasteiger partial charge is 0.435 e. The predicted molar refractivity (Wildman–Crippen MR) is 65.7 cm³/mol. The van der Waals surface area contributed by atoms with Crippen LogP contribution in [-0.2, 0) is 0 Å². The lowest BCUT2D eigenvalue weighted by atomic mass is 10.2. The molecule has 0 atom stereocenters. The van der Waals surface area contributed by atoms with Crippen LogP contribution in [0.5, 0.6) is 5.75 Å². The number of hydrogen-bond donors (Lipinski definition) is 1. The number of rotatable bonds is 8. The highest BCUT2D eigenvalue weighted by Gasteiger charge is 2.04. The summed E-state index contributed by atoms with van der Waals surface area (Å²) in [7, 11) is 0. The molecule has 0 aliphatic heterocycles. The standard InChI is InChI=1S/C13H19F2NO/c1-2-3-4-5-9-16-11-7-6-8-12(10-11)17-13(14)15/h6-8,10,13,16H,2-5,9H2,1H3. The molecule has 0 aliphatic carbocycles. The summed E-state index contributed by atoms with van der Waals surface area (Å²) in [5.41, 5.74) is 0.819. The number of benzene rings is 1. The molecular weight excluding hydrogens is 224 g/mol. The second-order valence-corrected chi connectivity index (χ2v) is 3.89. The minimum Gasteiger partial charge on any atom is -0.435 e. The summed E-state index contributed by atoms with van der Waals surface area (Å²) >= 11 is 0. The third-order valence-corrected chi connectivity index (χ3v) is 2.42. The third-order valence-electron chi connectivity index (χ3n) is 2.42. The minimum absolute atomic E-state index is 0.193. The summed E-state index contributed by atoms with van der Waals surface area (Å²) in [6, 6.07) is 6.66. The molecule has 0 aromatic heterocycles. The van der Waals surface area contributed by atoms with E-state index in [1.807, 2.05) is 6.07 Å². The van der Waals surface area contributed by atoms with Crippen LogP contribution in [0.15, 0.2) is 24.3 Å². The summed E-state index contributed by atoms with van der Waals surface area (Å²) in [6.07, 6.45) is 4.72. The summed E-state index contributed by atoms with van der Waals surface area (Å²) in [5, 5.41) is 3.19. The topological polar surface area (TPSA) is 21.3 Å². The van der Waals surface area contributed by atoms with Crippen molar-refractivity contribution in [2.45, 2.75) is 39.2 Å². The van der Waals surface area contributed by atoms with E-state index in [0.717, 1.165) is 18.7 Å². The van der Waals surface area contributed by atoms with Gasteiger partial charge in [-0.25, -0.2) is 0 Å². The number of hydrogen-bond acceptors (Lipinski definition) is 2. The first kappa shape index (κ1) is 13.7. The highest BCUT2D eigenvalue weighted by atomic mass is 19.3. The van der Waals surface area contributed by atoms with Gasteiger partial charge < -0.3 is 10.1 Å². The highest BCUT2D eigenvalue weighted by Crippen LogP contribution is 2.19. The quantitative estimate of drug-likeness (QED) is 0.688.